The molecule has 5 heteroatoms. The molecule has 0 saturated heterocycles. The van der Waals surface area contributed by atoms with Crippen molar-refractivity contribution in [1.82, 2.24) is 10.3 Å². The Kier molecular flexibility index (Phi) is 5.73. The summed E-state index contributed by atoms with van der Waals surface area (Å²) in [6.45, 7) is 3.66. The lowest BCUT2D eigenvalue weighted by Gasteiger charge is -2.23. The fourth-order valence-electron chi connectivity index (χ4n) is 2.13. The van der Waals surface area contributed by atoms with E-state index in [1.54, 1.807) is 18.4 Å². The molecule has 114 valence electrons. The number of rotatable bonds is 7. The highest BCUT2D eigenvalue weighted by atomic mass is 32.1. The molecule has 2 rings (SSSR count). The molecule has 4 nitrogen and oxygen atoms in total. The zero-order chi connectivity index (χ0) is 15.2. The van der Waals surface area contributed by atoms with Crippen molar-refractivity contribution in [3.63, 3.8) is 0 Å². The van der Waals surface area contributed by atoms with Crippen molar-refractivity contribution in [3.05, 3.63) is 35.2 Å². The fraction of sp³-hybridized carbons (Fsp3) is 0.438. The van der Waals surface area contributed by atoms with Crippen LogP contribution in [0.5, 0.6) is 0 Å². The minimum absolute atomic E-state index is 0.298. The quantitative estimate of drug-likeness (QED) is 0.853. The molecule has 1 unspecified atom stereocenters. The maximum Gasteiger partial charge on any atom is 0.186 e. The van der Waals surface area contributed by atoms with Gasteiger partial charge in [-0.05, 0) is 14.0 Å². The van der Waals surface area contributed by atoms with Gasteiger partial charge in [0.05, 0.1) is 18.3 Å². The van der Waals surface area contributed by atoms with Crippen LogP contribution < -0.4 is 10.2 Å². The fourth-order valence-corrected chi connectivity index (χ4v) is 3.29. The minimum Gasteiger partial charge on any atom is -0.383 e. The van der Waals surface area contributed by atoms with Crippen molar-refractivity contribution in [3.8, 4) is 11.3 Å². The molecule has 0 saturated carbocycles. The Morgan fingerprint density at radius 2 is 2.05 bits per heavy atom. The lowest BCUT2D eigenvalue weighted by Crippen LogP contribution is -2.32. The van der Waals surface area contributed by atoms with Gasteiger partial charge in [0, 0.05) is 31.1 Å². The largest absolute Gasteiger partial charge is 0.383 e. The summed E-state index contributed by atoms with van der Waals surface area (Å²) in [5.41, 5.74) is 2.24. The molecule has 0 bridgehead atoms. The van der Waals surface area contributed by atoms with E-state index >= 15 is 0 Å². The van der Waals surface area contributed by atoms with Crippen LogP contribution in [0.4, 0.5) is 5.13 Å². The van der Waals surface area contributed by atoms with Crippen molar-refractivity contribution in [2.24, 2.45) is 0 Å². The number of aromatic nitrogens is 1. The van der Waals surface area contributed by atoms with Gasteiger partial charge in [0.15, 0.2) is 5.13 Å². The van der Waals surface area contributed by atoms with Crippen molar-refractivity contribution in [2.45, 2.75) is 19.5 Å². The molecule has 1 aromatic carbocycles. The average Bonchev–Trinajstić information content (AvgIpc) is 2.92. The Labute approximate surface area is 130 Å². The van der Waals surface area contributed by atoms with E-state index in [2.05, 4.69) is 48.5 Å². The summed E-state index contributed by atoms with van der Waals surface area (Å²) < 4.78 is 5.24. The van der Waals surface area contributed by atoms with E-state index in [1.165, 1.54) is 4.88 Å². The standard InChI is InChI=1S/C16H23N3OS/c1-12(11-20-4)19(3)16-18-15(14(21-16)10-17-2)13-8-6-5-7-9-13/h5-9,12,17H,10-11H2,1-4H3. The van der Waals surface area contributed by atoms with Crippen molar-refractivity contribution in [1.29, 1.82) is 0 Å². The van der Waals surface area contributed by atoms with Crippen LogP contribution in [0.2, 0.25) is 0 Å². The Hall–Kier alpha value is -1.43. The maximum absolute atomic E-state index is 5.24. The molecule has 0 aliphatic carbocycles. The Morgan fingerprint density at radius 3 is 2.67 bits per heavy atom. The van der Waals surface area contributed by atoms with E-state index in [0.717, 1.165) is 22.9 Å². The highest BCUT2D eigenvalue weighted by Gasteiger charge is 2.18. The first-order valence-corrected chi connectivity index (χ1v) is 7.90. The number of methoxy groups -OCH3 is 1. The van der Waals surface area contributed by atoms with E-state index < -0.39 is 0 Å². The van der Waals surface area contributed by atoms with Crippen LogP contribution >= 0.6 is 11.3 Å². The third-order valence-electron chi connectivity index (χ3n) is 3.44. The van der Waals surface area contributed by atoms with Gasteiger partial charge in [-0.3, -0.25) is 0 Å². The summed E-state index contributed by atoms with van der Waals surface area (Å²) in [7, 11) is 5.76. The van der Waals surface area contributed by atoms with Gasteiger partial charge < -0.3 is 15.0 Å². The lowest BCUT2D eigenvalue weighted by molar-refractivity contribution is 0.183. The molecular formula is C16H23N3OS. The van der Waals surface area contributed by atoms with Gasteiger partial charge in [0.1, 0.15) is 0 Å². The zero-order valence-electron chi connectivity index (χ0n) is 13.1. The van der Waals surface area contributed by atoms with Gasteiger partial charge in [-0.15, -0.1) is 0 Å². The molecule has 21 heavy (non-hydrogen) atoms. The van der Waals surface area contributed by atoms with Gasteiger partial charge in [-0.1, -0.05) is 41.7 Å². The summed E-state index contributed by atoms with van der Waals surface area (Å²) in [5, 5.41) is 4.26. The topological polar surface area (TPSA) is 37.4 Å². The number of likely N-dealkylation sites (N-methyl/N-ethyl adjacent to an activating group) is 1. The van der Waals surface area contributed by atoms with Crippen LogP contribution in [-0.4, -0.2) is 38.8 Å². The van der Waals surface area contributed by atoms with Crippen LogP contribution in [0.25, 0.3) is 11.3 Å². The molecule has 1 aromatic heterocycles. The number of nitrogens with one attached hydrogen (secondary N) is 1. The lowest BCUT2D eigenvalue weighted by atomic mass is 10.1. The first-order chi connectivity index (χ1) is 10.2. The molecule has 2 aromatic rings. The number of nitrogens with zero attached hydrogens (tertiary/aromatic N) is 2. The van der Waals surface area contributed by atoms with E-state index in [-0.39, 0.29) is 0 Å². The molecule has 0 amide bonds. The third kappa shape index (κ3) is 3.81. The zero-order valence-corrected chi connectivity index (χ0v) is 13.9. The molecule has 0 aliphatic heterocycles. The monoisotopic (exact) mass is 305 g/mol. The van der Waals surface area contributed by atoms with Gasteiger partial charge in [0.2, 0.25) is 0 Å². The number of ether oxygens (including phenoxy) is 1. The summed E-state index contributed by atoms with van der Waals surface area (Å²) in [5.74, 6) is 0. The normalized spacial score (nSPS) is 12.4. The molecule has 1 atom stereocenters. The van der Waals surface area contributed by atoms with Crippen LogP contribution in [0, 0.1) is 0 Å². The first kappa shape index (κ1) is 15.9. The molecule has 0 aliphatic rings. The number of benzene rings is 1. The summed E-state index contributed by atoms with van der Waals surface area (Å²) in [6.07, 6.45) is 0. The number of thiazole rings is 1. The number of anilines is 1. The SMILES string of the molecule is CNCc1sc(N(C)C(C)COC)nc1-c1ccccc1. The second-order valence-electron chi connectivity index (χ2n) is 5.08. The summed E-state index contributed by atoms with van der Waals surface area (Å²) >= 11 is 1.74. The second-order valence-corrected chi connectivity index (χ2v) is 6.14. The van der Waals surface area contributed by atoms with Gasteiger partial charge in [-0.2, -0.15) is 0 Å². The molecule has 0 spiro atoms. The van der Waals surface area contributed by atoms with Crippen LogP contribution in [0.15, 0.2) is 30.3 Å². The first-order valence-electron chi connectivity index (χ1n) is 7.08. The van der Waals surface area contributed by atoms with E-state index in [4.69, 9.17) is 9.72 Å². The molecule has 0 fully saturated rings. The second kappa shape index (κ2) is 7.54. The van der Waals surface area contributed by atoms with E-state index in [0.29, 0.717) is 12.6 Å². The van der Waals surface area contributed by atoms with Crippen LogP contribution in [-0.2, 0) is 11.3 Å². The Morgan fingerprint density at radius 1 is 1.33 bits per heavy atom. The van der Waals surface area contributed by atoms with Crippen LogP contribution in [0.3, 0.4) is 0 Å². The van der Waals surface area contributed by atoms with E-state index in [1.807, 2.05) is 13.1 Å². The summed E-state index contributed by atoms with van der Waals surface area (Å²) in [4.78, 5) is 8.29. The Balaban J connectivity index is 2.33. The predicted molar refractivity (Wildman–Crippen MR) is 90.1 cm³/mol. The van der Waals surface area contributed by atoms with Crippen LogP contribution in [0.1, 0.15) is 11.8 Å². The predicted octanol–water partition coefficient (Wildman–Crippen LogP) is 3.00. The van der Waals surface area contributed by atoms with Gasteiger partial charge in [-0.25, -0.2) is 4.98 Å². The van der Waals surface area contributed by atoms with Crippen molar-refractivity contribution < 1.29 is 4.74 Å². The molecular weight excluding hydrogens is 282 g/mol. The highest BCUT2D eigenvalue weighted by molar-refractivity contribution is 7.16. The third-order valence-corrected chi connectivity index (χ3v) is 4.59. The van der Waals surface area contributed by atoms with E-state index in [9.17, 15) is 0 Å². The van der Waals surface area contributed by atoms with Crippen molar-refractivity contribution in [2.75, 3.05) is 32.7 Å². The summed E-state index contributed by atoms with van der Waals surface area (Å²) in [6, 6.07) is 10.6. The van der Waals surface area contributed by atoms with Crippen molar-refractivity contribution >= 4 is 16.5 Å². The minimum atomic E-state index is 0.298. The molecule has 1 heterocycles. The maximum atomic E-state index is 5.24. The van der Waals surface area contributed by atoms with Gasteiger partial charge in [0.25, 0.3) is 0 Å². The smallest absolute Gasteiger partial charge is 0.186 e. The number of hydrogen-bond donors (Lipinski definition) is 1. The van der Waals surface area contributed by atoms with Gasteiger partial charge >= 0.3 is 0 Å². The number of hydrogen-bond acceptors (Lipinski definition) is 5. The molecule has 0 radical (unpaired) electrons. The average molecular weight is 305 g/mol. The Bertz CT molecular complexity index is 556. The molecule has 1 N–H and O–H groups in total. The highest BCUT2D eigenvalue weighted by Crippen LogP contribution is 2.33.